The van der Waals surface area contributed by atoms with Gasteiger partial charge in [-0.1, -0.05) is 29.8 Å². The maximum atomic E-state index is 14.6. The van der Waals surface area contributed by atoms with Crippen LogP contribution in [0.2, 0.25) is 5.02 Å². The molecule has 2 aliphatic rings. The van der Waals surface area contributed by atoms with Gasteiger partial charge in [0.2, 0.25) is 0 Å². The minimum atomic E-state index is -1.18. The van der Waals surface area contributed by atoms with Crippen LogP contribution in [-0.2, 0) is 31.3 Å². The first-order chi connectivity index (χ1) is 20.7. The van der Waals surface area contributed by atoms with E-state index in [1.54, 1.807) is 23.7 Å². The van der Waals surface area contributed by atoms with E-state index in [9.17, 15) is 19.6 Å². The van der Waals surface area contributed by atoms with Crippen LogP contribution in [0.1, 0.15) is 58.1 Å². The molecule has 220 valence electrons. The lowest BCUT2D eigenvalue weighted by Gasteiger charge is -2.33. The number of aromatic nitrogens is 4. The number of fused-ring (bicyclic) bond motifs is 4. The second-order valence-electron chi connectivity index (χ2n) is 10.8. The third-order valence-electron chi connectivity index (χ3n) is 8.20. The summed E-state index contributed by atoms with van der Waals surface area (Å²) in [4.78, 5) is 23.2. The van der Waals surface area contributed by atoms with Gasteiger partial charge in [-0.25, -0.2) is 19.2 Å². The van der Waals surface area contributed by atoms with Crippen LogP contribution in [0.4, 0.5) is 4.39 Å². The molecule has 0 saturated carbocycles. The fourth-order valence-corrected chi connectivity index (χ4v) is 5.79. The van der Waals surface area contributed by atoms with Crippen molar-refractivity contribution < 1.29 is 19.0 Å². The lowest BCUT2D eigenvalue weighted by atomic mass is 9.99. The molecule has 43 heavy (non-hydrogen) atoms. The fourth-order valence-electron chi connectivity index (χ4n) is 5.62. The minimum absolute atomic E-state index is 0.0385. The van der Waals surface area contributed by atoms with Crippen LogP contribution >= 0.6 is 11.6 Å². The number of hydrogen-bond donors (Lipinski definition) is 1. The third-order valence-corrected chi connectivity index (χ3v) is 8.43. The Morgan fingerprint density at radius 2 is 1.88 bits per heavy atom. The summed E-state index contributed by atoms with van der Waals surface area (Å²) in [5.41, 5.74) is 4.95. The zero-order valence-electron chi connectivity index (χ0n) is 23.8. The molecule has 11 heteroatoms. The van der Waals surface area contributed by atoms with Crippen molar-refractivity contribution in [1.82, 2.24) is 24.0 Å². The molecule has 4 heterocycles. The molecular weight excluding hydrogens is 571 g/mol. The fraction of sp³-hybridized carbons (Fsp3) is 0.312. The largest absolute Gasteiger partial charge is 0.478 e. The highest BCUT2D eigenvalue weighted by molar-refractivity contribution is 6.30. The average Bonchev–Trinajstić information content (AvgIpc) is 3.49. The molecule has 1 fully saturated rings. The van der Waals surface area contributed by atoms with E-state index in [4.69, 9.17) is 21.3 Å². The van der Waals surface area contributed by atoms with Gasteiger partial charge in [0.05, 0.1) is 46.3 Å². The number of benzene rings is 3. The minimum Gasteiger partial charge on any atom is -0.478 e. The number of imidazole rings is 2. The molecule has 0 amide bonds. The molecule has 7 rings (SSSR count). The Bertz CT molecular complexity index is 1900. The van der Waals surface area contributed by atoms with Crippen molar-refractivity contribution in [1.29, 1.82) is 5.26 Å². The molecule has 1 atom stereocenters. The van der Waals surface area contributed by atoms with Gasteiger partial charge in [-0.15, -0.1) is 0 Å². The van der Waals surface area contributed by atoms with E-state index in [0.29, 0.717) is 34.9 Å². The quantitative estimate of drug-likeness (QED) is 0.269. The number of carboxylic acids is 1. The highest BCUT2D eigenvalue weighted by Gasteiger charge is 2.29. The number of para-hydroxylation sites is 1. The molecule has 2 aliphatic heterocycles. The van der Waals surface area contributed by atoms with Gasteiger partial charge in [-0.05, 0) is 54.8 Å². The average molecular weight is 601 g/mol. The summed E-state index contributed by atoms with van der Waals surface area (Å²) >= 11 is 6.09. The molecule has 0 spiro atoms. The lowest BCUT2D eigenvalue weighted by molar-refractivity contribution is 0.0367. The van der Waals surface area contributed by atoms with Crippen LogP contribution in [0.3, 0.4) is 0 Å². The van der Waals surface area contributed by atoms with Crippen molar-refractivity contribution in [3.8, 4) is 6.07 Å². The number of hydrogen-bond acceptors (Lipinski definition) is 6. The van der Waals surface area contributed by atoms with Crippen molar-refractivity contribution >= 4 is 39.6 Å². The number of halogens is 2. The van der Waals surface area contributed by atoms with E-state index in [2.05, 4.69) is 33.5 Å². The number of aromatic carboxylic acids is 1. The van der Waals surface area contributed by atoms with Gasteiger partial charge in [0.15, 0.2) is 5.82 Å². The van der Waals surface area contributed by atoms with Crippen molar-refractivity contribution in [2.24, 2.45) is 7.05 Å². The topological polar surface area (TPSA) is 109 Å². The first kappa shape index (κ1) is 28.8. The number of ether oxygens (including phenoxy) is 1. The van der Waals surface area contributed by atoms with E-state index >= 15 is 0 Å². The molecule has 1 unspecified atom stereocenters. The van der Waals surface area contributed by atoms with Gasteiger partial charge in [0, 0.05) is 44.8 Å². The van der Waals surface area contributed by atoms with Crippen LogP contribution in [0.5, 0.6) is 0 Å². The van der Waals surface area contributed by atoms with Crippen LogP contribution in [-0.4, -0.2) is 54.8 Å². The molecule has 1 N–H and O–H groups in total. The number of aryl methyl sites for hydroxylation is 1. The van der Waals surface area contributed by atoms with E-state index < -0.39 is 11.8 Å². The predicted molar refractivity (Wildman–Crippen MR) is 161 cm³/mol. The van der Waals surface area contributed by atoms with Crippen molar-refractivity contribution in [2.75, 3.05) is 19.8 Å². The first-order valence-corrected chi connectivity index (χ1v) is 14.5. The van der Waals surface area contributed by atoms with Gasteiger partial charge in [0.25, 0.3) is 0 Å². The van der Waals surface area contributed by atoms with Gasteiger partial charge in [0.1, 0.15) is 17.2 Å². The van der Waals surface area contributed by atoms with Crippen molar-refractivity contribution in [2.45, 2.75) is 38.9 Å². The van der Waals surface area contributed by atoms with E-state index in [1.165, 1.54) is 12.5 Å². The van der Waals surface area contributed by atoms with Crippen molar-refractivity contribution in [3.05, 3.63) is 93.3 Å². The Hall–Kier alpha value is -4.30. The summed E-state index contributed by atoms with van der Waals surface area (Å²) in [6.07, 6.45) is 1.84. The summed E-state index contributed by atoms with van der Waals surface area (Å²) in [7, 11) is 1.78. The number of carboxylic acid groups (broad SMARTS) is 1. The number of carbonyl (C=O) groups is 1. The molecule has 0 radical (unpaired) electrons. The van der Waals surface area contributed by atoms with Crippen molar-refractivity contribution in [3.63, 3.8) is 0 Å². The summed E-state index contributed by atoms with van der Waals surface area (Å²) in [5, 5.41) is 19.4. The van der Waals surface area contributed by atoms with Gasteiger partial charge in [-0.2, -0.15) is 5.26 Å². The molecule has 5 aromatic rings. The zero-order chi connectivity index (χ0) is 30.2. The summed E-state index contributed by atoms with van der Waals surface area (Å²) in [5.74, 6) is -0.247. The normalized spacial score (nSPS) is 16.3. The number of nitrogens with zero attached hydrogens (tertiary/aromatic N) is 6. The third kappa shape index (κ3) is 5.47. The molecule has 0 bridgehead atoms. The standard InChI is InChI=1S/C29H24ClFN6O2.C3H6O/c1-16-28-34-26-18(10-17-6-7-21(30)11-20(17)14-32)4-3-5-23(26)37(28)9-8-36(16)15-25-33-27-22(31)12-19(29(38)39)13-24(27)35(25)2;1-2-4-3-1/h3-7,11-13,16H,8-10,15H2,1-2H3,(H,38,39);1-3H2. The molecule has 0 aliphatic carbocycles. The van der Waals surface area contributed by atoms with E-state index in [-0.39, 0.29) is 17.1 Å². The van der Waals surface area contributed by atoms with Crippen LogP contribution in [0, 0.1) is 17.1 Å². The predicted octanol–water partition coefficient (Wildman–Crippen LogP) is 5.86. The molecular formula is C32H30ClFN6O3. The van der Waals surface area contributed by atoms with E-state index in [1.807, 2.05) is 18.2 Å². The summed E-state index contributed by atoms with van der Waals surface area (Å²) in [6.45, 7) is 6.02. The molecule has 1 saturated heterocycles. The van der Waals surface area contributed by atoms with Crippen LogP contribution in [0.15, 0.2) is 48.5 Å². The maximum Gasteiger partial charge on any atom is 0.335 e. The Labute approximate surface area is 252 Å². The summed E-state index contributed by atoms with van der Waals surface area (Å²) in [6, 6.07) is 16.2. The maximum absolute atomic E-state index is 14.6. The molecule has 3 aromatic carbocycles. The Morgan fingerprint density at radius 3 is 2.58 bits per heavy atom. The van der Waals surface area contributed by atoms with Crippen LogP contribution in [0.25, 0.3) is 22.1 Å². The second kappa shape index (κ2) is 11.8. The smallest absolute Gasteiger partial charge is 0.335 e. The second-order valence-corrected chi connectivity index (χ2v) is 11.3. The Balaban J connectivity index is 0.000000761. The monoisotopic (exact) mass is 600 g/mol. The highest BCUT2D eigenvalue weighted by Crippen LogP contribution is 2.33. The number of rotatable bonds is 5. The first-order valence-electron chi connectivity index (χ1n) is 14.1. The highest BCUT2D eigenvalue weighted by atomic mass is 35.5. The van der Waals surface area contributed by atoms with E-state index in [0.717, 1.165) is 60.4 Å². The Morgan fingerprint density at radius 1 is 1.12 bits per heavy atom. The van der Waals surface area contributed by atoms with Gasteiger partial charge >= 0.3 is 5.97 Å². The van der Waals surface area contributed by atoms with Gasteiger partial charge < -0.3 is 19.0 Å². The zero-order valence-corrected chi connectivity index (χ0v) is 24.6. The lowest BCUT2D eigenvalue weighted by Crippen LogP contribution is -2.37. The SMILES string of the molecule is C1COC1.CC1c2nc3c(Cc4ccc(Cl)cc4C#N)cccc3n2CCN1Cc1nc2c(F)cc(C(=O)O)cc2n1C. The Kier molecular flexibility index (Phi) is 7.88. The molecule has 2 aromatic heterocycles. The number of nitriles is 1. The van der Waals surface area contributed by atoms with Gasteiger partial charge in [-0.3, -0.25) is 4.90 Å². The van der Waals surface area contributed by atoms with Crippen LogP contribution < -0.4 is 0 Å². The summed E-state index contributed by atoms with van der Waals surface area (Å²) < 4.78 is 23.4. The molecule has 9 nitrogen and oxygen atoms in total.